The van der Waals surface area contributed by atoms with Crippen molar-refractivity contribution in [1.29, 1.82) is 5.41 Å². The highest BCUT2D eigenvalue weighted by molar-refractivity contribution is 6.04. The van der Waals surface area contributed by atoms with Crippen LogP contribution in [0.15, 0.2) is 36.4 Å². The molecule has 236 valence electrons. The molecule has 1 atom stereocenters. The van der Waals surface area contributed by atoms with Crippen LogP contribution >= 0.6 is 0 Å². The Morgan fingerprint density at radius 1 is 1.07 bits per heavy atom. The van der Waals surface area contributed by atoms with Crippen LogP contribution in [0.1, 0.15) is 69.0 Å². The van der Waals surface area contributed by atoms with Crippen molar-refractivity contribution in [3.63, 3.8) is 0 Å². The van der Waals surface area contributed by atoms with Gasteiger partial charge in [-0.05, 0) is 81.5 Å². The van der Waals surface area contributed by atoms with Gasteiger partial charge in [0.25, 0.3) is 0 Å². The Morgan fingerprint density at radius 2 is 1.80 bits per heavy atom. The number of fused-ring (bicyclic) bond motifs is 1. The monoisotopic (exact) mass is 605 g/mol. The van der Waals surface area contributed by atoms with Gasteiger partial charge in [-0.15, -0.1) is 0 Å². The van der Waals surface area contributed by atoms with Crippen LogP contribution in [-0.2, 0) is 31.1 Å². The third kappa shape index (κ3) is 7.73. The summed E-state index contributed by atoms with van der Waals surface area (Å²) in [4.78, 5) is 47.9. The number of amidine groups is 1. The molecule has 44 heavy (non-hydrogen) atoms. The Kier molecular flexibility index (Phi) is 10.9. The van der Waals surface area contributed by atoms with Crippen molar-refractivity contribution >= 4 is 40.5 Å². The van der Waals surface area contributed by atoms with Crippen LogP contribution in [0.3, 0.4) is 0 Å². The molecule has 0 aliphatic carbocycles. The van der Waals surface area contributed by atoms with Crippen molar-refractivity contribution in [2.45, 2.75) is 65.5 Å². The second-order valence-electron chi connectivity index (χ2n) is 11.0. The first-order valence-electron chi connectivity index (χ1n) is 15.2. The van der Waals surface area contributed by atoms with E-state index in [2.05, 4.69) is 20.9 Å². The molecular formula is C32H43N7O5. The van der Waals surface area contributed by atoms with Gasteiger partial charge in [0, 0.05) is 24.3 Å². The molecule has 3 aromatic rings. The lowest BCUT2D eigenvalue weighted by Crippen LogP contribution is -2.54. The normalized spacial score (nSPS) is 14.2. The number of ether oxygens (including phenoxy) is 2. The number of hydrogen-bond acceptors (Lipinski definition) is 9. The van der Waals surface area contributed by atoms with Crippen LogP contribution in [0.4, 0.5) is 10.5 Å². The number of rotatable bonds is 13. The van der Waals surface area contributed by atoms with Crippen molar-refractivity contribution in [2.24, 2.45) is 0 Å². The number of nitrogens with one attached hydrogen (secondary N) is 5. The average Bonchev–Trinajstić information content (AvgIpc) is 3.70. The molecule has 0 spiro atoms. The van der Waals surface area contributed by atoms with E-state index < -0.39 is 17.6 Å². The van der Waals surface area contributed by atoms with E-state index in [0.717, 1.165) is 53.5 Å². The number of imidazole rings is 1. The summed E-state index contributed by atoms with van der Waals surface area (Å²) >= 11 is 0. The van der Waals surface area contributed by atoms with E-state index in [4.69, 9.17) is 19.9 Å². The van der Waals surface area contributed by atoms with E-state index in [1.807, 2.05) is 49.9 Å². The predicted octanol–water partition coefficient (Wildman–Crippen LogP) is 4.33. The van der Waals surface area contributed by atoms with Gasteiger partial charge in [0.1, 0.15) is 17.2 Å². The minimum Gasteiger partial charge on any atom is -0.465 e. The van der Waals surface area contributed by atoms with Crippen LogP contribution < -0.4 is 16.0 Å². The molecule has 1 fully saturated rings. The number of likely N-dealkylation sites (tertiary alicyclic amines) is 1. The molecule has 2 amide bonds. The van der Waals surface area contributed by atoms with Gasteiger partial charge in [0.2, 0.25) is 5.91 Å². The lowest BCUT2D eigenvalue weighted by molar-refractivity contribution is -0.143. The molecule has 2 heterocycles. The Balaban J connectivity index is 1.46. The molecule has 4 rings (SSSR count). The number of aryl methyl sites for hydroxylation is 1. The molecule has 2 aromatic carbocycles. The number of benzene rings is 2. The van der Waals surface area contributed by atoms with Gasteiger partial charge < -0.3 is 24.7 Å². The molecule has 0 saturated carbocycles. The molecule has 12 heteroatoms. The zero-order valence-corrected chi connectivity index (χ0v) is 26.0. The quantitative estimate of drug-likeness (QED) is 0.0833. The fourth-order valence-electron chi connectivity index (χ4n) is 5.33. The SMILES string of the molecule is CCCCOC(=O)NC(=N)c1ccc(NCc2nc3c(C)c(C(C)(NCC(=O)OCC)C(=O)N4CCCC4)ccc3[nH]2)cc1. The maximum Gasteiger partial charge on any atom is 0.412 e. The Bertz CT molecular complexity index is 1480. The highest BCUT2D eigenvalue weighted by atomic mass is 16.5. The molecule has 1 aromatic heterocycles. The smallest absolute Gasteiger partial charge is 0.412 e. The zero-order valence-electron chi connectivity index (χ0n) is 26.0. The average molecular weight is 606 g/mol. The van der Waals surface area contributed by atoms with E-state index >= 15 is 0 Å². The fraction of sp³-hybridized carbons (Fsp3) is 0.469. The number of carbonyl (C=O) groups is 3. The molecular weight excluding hydrogens is 562 g/mol. The van der Waals surface area contributed by atoms with Crippen molar-refractivity contribution in [2.75, 3.05) is 38.2 Å². The summed E-state index contributed by atoms with van der Waals surface area (Å²) in [5.74, 6) is 0.194. The molecule has 1 aliphatic heterocycles. The van der Waals surface area contributed by atoms with Crippen LogP contribution in [-0.4, -0.2) is 71.5 Å². The predicted molar refractivity (Wildman–Crippen MR) is 169 cm³/mol. The first-order chi connectivity index (χ1) is 21.2. The van der Waals surface area contributed by atoms with Crippen molar-refractivity contribution in [3.05, 3.63) is 58.9 Å². The Labute approximate surface area is 257 Å². The third-order valence-corrected chi connectivity index (χ3v) is 7.80. The number of unbranched alkanes of at least 4 members (excludes halogenated alkanes) is 1. The lowest BCUT2D eigenvalue weighted by atomic mass is 9.86. The van der Waals surface area contributed by atoms with Gasteiger partial charge in [-0.2, -0.15) is 0 Å². The zero-order chi connectivity index (χ0) is 31.7. The van der Waals surface area contributed by atoms with E-state index in [-0.39, 0.29) is 24.9 Å². The van der Waals surface area contributed by atoms with Gasteiger partial charge in [-0.25, -0.2) is 9.78 Å². The summed E-state index contributed by atoms with van der Waals surface area (Å²) in [7, 11) is 0. The summed E-state index contributed by atoms with van der Waals surface area (Å²) < 4.78 is 10.2. The van der Waals surface area contributed by atoms with Crippen molar-refractivity contribution in [1.82, 2.24) is 25.5 Å². The number of anilines is 1. The van der Waals surface area contributed by atoms with Gasteiger partial charge in [-0.1, -0.05) is 19.4 Å². The van der Waals surface area contributed by atoms with E-state index in [1.54, 1.807) is 19.1 Å². The van der Waals surface area contributed by atoms with Gasteiger partial charge in [0.15, 0.2) is 0 Å². The van der Waals surface area contributed by atoms with Gasteiger partial charge in [-0.3, -0.25) is 25.6 Å². The van der Waals surface area contributed by atoms with Crippen LogP contribution in [0.5, 0.6) is 0 Å². The molecule has 5 N–H and O–H groups in total. The van der Waals surface area contributed by atoms with Gasteiger partial charge >= 0.3 is 12.1 Å². The number of nitrogens with zero attached hydrogens (tertiary/aromatic N) is 2. The lowest BCUT2D eigenvalue weighted by Gasteiger charge is -2.35. The molecule has 1 aliphatic rings. The van der Waals surface area contributed by atoms with E-state index in [9.17, 15) is 14.4 Å². The van der Waals surface area contributed by atoms with Crippen LogP contribution in [0.2, 0.25) is 0 Å². The first kappa shape index (κ1) is 32.5. The number of carbonyl (C=O) groups excluding carboxylic acids is 3. The summed E-state index contributed by atoms with van der Waals surface area (Å²) in [6, 6.07) is 11.0. The maximum atomic E-state index is 13.8. The van der Waals surface area contributed by atoms with Gasteiger partial charge in [0.05, 0.1) is 37.3 Å². The second-order valence-corrected chi connectivity index (χ2v) is 11.0. The van der Waals surface area contributed by atoms with Crippen LogP contribution in [0.25, 0.3) is 11.0 Å². The standard InChI is InChI=1S/C32H43N7O5/c1-5-7-18-44-31(42)38-29(33)22-10-12-23(13-11-22)34-19-26-36-25-15-14-24(21(3)28(25)37-26)32(4,35-20-27(40)43-6-2)30(41)39-16-8-9-17-39/h10-15,34-35H,5-9,16-20H2,1-4H3,(H,36,37)(H2,33,38,42). The fourth-order valence-corrected chi connectivity index (χ4v) is 5.33. The highest BCUT2D eigenvalue weighted by Gasteiger charge is 2.41. The van der Waals surface area contributed by atoms with Crippen molar-refractivity contribution in [3.8, 4) is 0 Å². The van der Waals surface area contributed by atoms with E-state index in [0.29, 0.717) is 37.6 Å². The molecule has 1 unspecified atom stereocenters. The van der Waals surface area contributed by atoms with Crippen LogP contribution in [0, 0.1) is 12.3 Å². The number of amides is 2. The topological polar surface area (TPSA) is 162 Å². The highest BCUT2D eigenvalue weighted by Crippen LogP contribution is 2.32. The molecule has 1 saturated heterocycles. The molecule has 0 radical (unpaired) electrons. The maximum absolute atomic E-state index is 13.8. The second kappa shape index (κ2) is 14.8. The number of H-pyrrole nitrogens is 1. The van der Waals surface area contributed by atoms with Crippen molar-refractivity contribution < 1.29 is 23.9 Å². The Morgan fingerprint density at radius 3 is 2.48 bits per heavy atom. The minimum absolute atomic E-state index is 0.0337. The Hall–Kier alpha value is -4.45. The number of aromatic nitrogens is 2. The number of hydrogen-bond donors (Lipinski definition) is 5. The minimum atomic E-state index is -1.14. The molecule has 0 bridgehead atoms. The third-order valence-electron chi connectivity index (χ3n) is 7.80. The molecule has 12 nitrogen and oxygen atoms in total. The first-order valence-corrected chi connectivity index (χ1v) is 15.2. The number of alkyl carbamates (subject to hydrolysis) is 1. The summed E-state index contributed by atoms with van der Waals surface area (Å²) in [5.41, 5.74) is 3.43. The number of aromatic amines is 1. The number of esters is 1. The largest absolute Gasteiger partial charge is 0.465 e. The summed E-state index contributed by atoms with van der Waals surface area (Å²) in [5, 5.41) is 17.1. The van der Waals surface area contributed by atoms with E-state index in [1.165, 1.54) is 0 Å². The summed E-state index contributed by atoms with van der Waals surface area (Å²) in [6.07, 6.45) is 2.99. The summed E-state index contributed by atoms with van der Waals surface area (Å²) in [6.45, 7) is 9.83.